The Bertz CT molecular complexity index is 569. The zero-order valence-electron chi connectivity index (χ0n) is 10.1. The Hall–Kier alpha value is -1.55. The van der Waals surface area contributed by atoms with Crippen molar-refractivity contribution in [3.63, 3.8) is 0 Å². The molecule has 0 saturated carbocycles. The first-order valence-electron chi connectivity index (χ1n) is 5.62. The van der Waals surface area contributed by atoms with Gasteiger partial charge in [-0.2, -0.15) is 0 Å². The van der Waals surface area contributed by atoms with E-state index in [4.69, 9.17) is 4.74 Å². The van der Waals surface area contributed by atoms with Crippen LogP contribution < -0.4 is 10.1 Å². The van der Waals surface area contributed by atoms with E-state index in [1.165, 1.54) is 0 Å². The van der Waals surface area contributed by atoms with Gasteiger partial charge in [-0.3, -0.25) is 4.79 Å². The van der Waals surface area contributed by atoms with Crippen LogP contribution in [0.15, 0.2) is 36.4 Å². The Balaban J connectivity index is 2.20. The molecule has 0 atom stereocenters. The van der Waals surface area contributed by atoms with Gasteiger partial charge in [0.2, 0.25) is 5.91 Å². The van der Waals surface area contributed by atoms with E-state index in [1.807, 2.05) is 30.3 Å². The molecule has 1 N–H and O–H groups in total. The summed E-state index contributed by atoms with van der Waals surface area (Å²) in [6.45, 7) is 0.548. The van der Waals surface area contributed by atoms with Gasteiger partial charge in [-0.05, 0) is 34.5 Å². The van der Waals surface area contributed by atoms with Gasteiger partial charge in [0, 0.05) is 6.54 Å². The van der Waals surface area contributed by atoms with Crippen LogP contribution in [0.25, 0.3) is 10.8 Å². The predicted octanol–water partition coefficient (Wildman–Crippen LogP) is 2.86. The predicted molar refractivity (Wildman–Crippen MR) is 76.1 cm³/mol. The van der Waals surface area contributed by atoms with Crippen molar-refractivity contribution in [1.29, 1.82) is 0 Å². The number of amides is 1. The maximum absolute atomic E-state index is 11.2. The van der Waals surface area contributed by atoms with Crippen molar-refractivity contribution in [3.05, 3.63) is 42.0 Å². The number of benzene rings is 2. The number of alkyl halides is 1. The van der Waals surface area contributed by atoms with Crippen LogP contribution in [0.5, 0.6) is 5.75 Å². The molecule has 3 nitrogen and oxygen atoms in total. The monoisotopic (exact) mass is 307 g/mol. The first-order valence-corrected chi connectivity index (χ1v) is 6.74. The Morgan fingerprint density at radius 3 is 2.67 bits per heavy atom. The molecule has 2 aromatic rings. The van der Waals surface area contributed by atoms with Crippen LogP contribution >= 0.6 is 15.9 Å². The van der Waals surface area contributed by atoms with Gasteiger partial charge in [0.1, 0.15) is 5.75 Å². The normalized spacial score (nSPS) is 10.3. The number of hydrogen-bond acceptors (Lipinski definition) is 2. The molecular weight excluding hydrogens is 294 g/mol. The third-order valence-corrected chi connectivity index (χ3v) is 3.23. The lowest BCUT2D eigenvalue weighted by Crippen LogP contribution is -2.23. The van der Waals surface area contributed by atoms with E-state index in [0.717, 1.165) is 22.1 Å². The average molecular weight is 308 g/mol. The van der Waals surface area contributed by atoms with Crippen LogP contribution in [0.1, 0.15) is 5.56 Å². The van der Waals surface area contributed by atoms with Crippen LogP contribution in [0.2, 0.25) is 0 Å². The number of carbonyl (C=O) groups excluding carboxylic acids is 1. The van der Waals surface area contributed by atoms with Crippen LogP contribution in [0.4, 0.5) is 0 Å². The second-order valence-corrected chi connectivity index (χ2v) is 4.52. The molecule has 0 aliphatic rings. The molecule has 0 aliphatic carbocycles. The summed E-state index contributed by atoms with van der Waals surface area (Å²) in [5.41, 5.74) is 1.09. The van der Waals surface area contributed by atoms with Crippen LogP contribution in [-0.2, 0) is 11.3 Å². The average Bonchev–Trinajstić information content (AvgIpc) is 2.43. The summed E-state index contributed by atoms with van der Waals surface area (Å²) in [5.74, 6) is 0.840. The topological polar surface area (TPSA) is 38.3 Å². The molecule has 1 amide bonds. The Labute approximate surface area is 114 Å². The number of methoxy groups -OCH3 is 1. The number of nitrogens with one attached hydrogen (secondary N) is 1. The summed E-state index contributed by atoms with van der Waals surface area (Å²) in [6, 6.07) is 12.1. The van der Waals surface area contributed by atoms with E-state index < -0.39 is 0 Å². The fourth-order valence-electron chi connectivity index (χ4n) is 1.76. The number of fused-ring (bicyclic) bond motifs is 1. The van der Waals surface area contributed by atoms with Gasteiger partial charge in [-0.1, -0.05) is 34.1 Å². The maximum atomic E-state index is 11.2. The van der Waals surface area contributed by atoms with Gasteiger partial charge in [0.15, 0.2) is 0 Å². The Morgan fingerprint density at radius 2 is 1.94 bits per heavy atom. The Kier molecular flexibility index (Phi) is 4.20. The number of carbonyl (C=O) groups is 1. The van der Waals surface area contributed by atoms with Gasteiger partial charge in [0.05, 0.1) is 12.4 Å². The van der Waals surface area contributed by atoms with Crippen molar-refractivity contribution in [2.24, 2.45) is 0 Å². The highest BCUT2D eigenvalue weighted by Gasteiger charge is 2.01. The SMILES string of the molecule is COc1ccc2cc(CNC(=O)CBr)ccc2c1. The quantitative estimate of drug-likeness (QED) is 0.882. The van der Waals surface area contributed by atoms with Crippen molar-refractivity contribution in [2.45, 2.75) is 6.54 Å². The van der Waals surface area contributed by atoms with Crippen LogP contribution in [-0.4, -0.2) is 18.3 Å². The highest BCUT2D eigenvalue weighted by atomic mass is 79.9. The maximum Gasteiger partial charge on any atom is 0.230 e. The van der Waals surface area contributed by atoms with E-state index >= 15 is 0 Å². The Morgan fingerprint density at radius 1 is 1.22 bits per heavy atom. The first kappa shape index (κ1) is 12.9. The van der Waals surface area contributed by atoms with E-state index in [-0.39, 0.29) is 5.91 Å². The van der Waals surface area contributed by atoms with Crippen LogP contribution in [0.3, 0.4) is 0 Å². The molecule has 18 heavy (non-hydrogen) atoms. The van der Waals surface area contributed by atoms with E-state index in [2.05, 4.69) is 27.3 Å². The smallest absolute Gasteiger partial charge is 0.230 e. The van der Waals surface area contributed by atoms with E-state index in [9.17, 15) is 4.79 Å². The highest BCUT2D eigenvalue weighted by Crippen LogP contribution is 2.21. The molecule has 0 unspecified atom stereocenters. The zero-order valence-corrected chi connectivity index (χ0v) is 11.7. The molecule has 0 saturated heterocycles. The second kappa shape index (κ2) is 5.87. The molecule has 2 rings (SSSR count). The zero-order chi connectivity index (χ0) is 13.0. The molecule has 2 aromatic carbocycles. The summed E-state index contributed by atoms with van der Waals surface area (Å²) in [6.07, 6.45) is 0. The minimum Gasteiger partial charge on any atom is -0.497 e. The number of halogens is 1. The first-order chi connectivity index (χ1) is 8.72. The minimum absolute atomic E-state index is 0.00942. The van der Waals surface area contributed by atoms with Gasteiger partial charge in [-0.15, -0.1) is 0 Å². The molecular formula is C14H14BrNO2. The fraction of sp³-hybridized carbons (Fsp3) is 0.214. The lowest BCUT2D eigenvalue weighted by molar-refractivity contribution is -0.118. The summed E-state index contributed by atoms with van der Waals surface area (Å²) in [7, 11) is 1.66. The van der Waals surface area contributed by atoms with Crippen molar-refractivity contribution in [2.75, 3.05) is 12.4 Å². The molecule has 0 aliphatic heterocycles. The summed E-state index contributed by atoms with van der Waals surface area (Å²) >= 11 is 3.12. The minimum atomic E-state index is -0.00942. The summed E-state index contributed by atoms with van der Waals surface area (Å²) in [4.78, 5) is 11.2. The van der Waals surface area contributed by atoms with E-state index in [1.54, 1.807) is 7.11 Å². The standard InChI is InChI=1S/C14H14BrNO2/c1-18-13-5-4-11-6-10(2-3-12(11)7-13)9-16-14(17)8-15/h2-7H,8-9H2,1H3,(H,16,17). The van der Waals surface area contributed by atoms with Crippen molar-refractivity contribution in [3.8, 4) is 5.75 Å². The number of hydrogen-bond donors (Lipinski definition) is 1. The van der Waals surface area contributed by atoms with E-state index in [0.29, 0.717) is 11.9 Å². The van der Waals surface area contributed by atoms with Crippen molar-refractivity contribution < 1.29 is 9.53 Å². The molecule has 0 spiro atoms. The number of rotatable bonds is 4. The van der Waals surface area contributed by atoms with Gasteiger partial charge in [0.25, 0.3) is 0 Å². The van der Waals surface area contributed by atoms with Crippen LogP contribution in [0, 0.1) is 0 Å². The third kappa shape index (κ3) is 3.01. The molecule has 4 heteroatoms. The molecule has 0 bridgehead atoms. The fourth-order valence-corrected chi connectivity index (χ4v) is 1.96. The highest BCUT2D eigenvalue weighted by molar-refractivity contribution is 9.09. The van der Waals surface area contributed by atoms with Crippen molar-refractivity contribution >= 4 is 32.6 Å². The largest absolute Gasteiger partial charge is 0.497 e. The summed E-state index contributed by atoms with van der Waals surface area (Å²) < 4.78 is 5.18. The second-order valence-electron chi connectivity index (χ2n) is 3.96. The molecule has 0 radical (unpaired) electrons. The summed E-state index contributed by atoms with van der Waals surface area (Å²) in [5, 5.41) is 5.43. The molecule has 0 aromatic heterocycles. The number of ether oxygens (including phenoxy) is 1. The van der Waals surface area contributed by atoms with Crippen molar-refractivity contribution in [1.82, 2.24) is 5.32 Å². The van der Waals surface area contributed by atoms with Gasteiger partial charge < -0.3 is 10.1 Å². The molecule has 0 heterocycles. The van der Waals surface area contributed by atoms with Gasteiger partial charge in [-0.25, -0.2) is 0 Å². The third-order valence-electron chi connectivity index (χ3n) is 2.72. The lowest BCUT2D eigenvalue weighted by atomic mass is 10.1. The van der Waals surface area contributed by atoms with Gasteiger partial charge >= 0.3 is 0 Å². The lowest BCUT2D eigenvalue weighted by Gasteiger charge is -2.06. The molecule has 94 valence electrons. The molecule has 0 fully saturated rings.